The molecule has 0 aliphatic rings. The van der Waals surface area contributed by atoms with E-state index in [-0.39, 0.29) is 11.4 Å². The van der Waals surface area contributed by atoms with Crippen LogP contribution in [-0.2, 0) is 0 Å². The maximum Gasteiger partial charge on any atom is 0.291 e. The van der Waals surface area contributed by atoms with Crippen molar-refractivity contribution in [1.29, 1.82) is 0 Å². The SMILES string of the molecule is COc1cc(/C=N\NC(=O)c2cc(C)[nH]n2)cc(Br)c1O. The number of hydrazone groups is 1. The molecule has 1 amide bonds. The molecule has 0 unspecified atom stereocenters. The molecule has 0 saturated heterocycles. The number of carbonyl (C=O) groups is 1. The van der Waals surface area contributed by atoms with Crippen LogP contribution in [0.1, 0.15) is 21.7 Å². The van der Waals surface area contributed by atoms with Gasteiger partial charge in [0.1, 0.15) is 0 Å². The van der Waals surface area contributed by atoms with Gasteiger partial charge >= 0.3 is 0 Å². The largest absolute Gasteiger partial charge is 0.503 e. The van der Waals surface area contributed by atoms with Crippen LogP contribution in [0.3, 0.4) is 0 Å². The second-order valence-electron chi connectivity index (χ2n) is 4.19. The fourth-order valence-corrected chi connectivity index (χ4v) is 2.04. The first kappa shape index (κ1) is 15.0. The minimum atomic E-state index is -0.416. The van der Waals surface area contributed by atoms with Crippen molar-refractivity contribution in [3.63, 3.8) is 0 Å². The Morgan fingerprint density at radius 1 is 1.52 bits per heavy atom. The van der Waals surface area contributed by atoms with Gasteiger partial charge in [-0.2, -0.15) is 10.2 Å². The summed E-state index contributed by atoms with van der Waals surface area (Å²) in [5.74, 6) is -0.105. The molecule has 8 heteroatoms. The average Bonchev–Trinajstić information content (AvgIpc) is 2.89. The van der Waals surface area contributed by atoms with Crippen molar-refractivity contribution in [1.82, 2.24) is 15.6 Å². The van der Waals surface area contributed by atoms with Crippen molar-refractivity contribution in [2.24, 2.45) is 5.10 Å². The van der Waals surface area contributed by atoms with Crippen molar-refractivity contribution >= 4 is 28.1 Å². The number of aryl methyl sites for hydroxylation is 1. The van der Waals surface area contributed by atoms with Crippen LogP contribution in [0.25, 0.3) is 0 Å². The summed E-state index contributed by atoms with van der Waals surface area (Å²) in [6.07, 6.45) is 1.43. The Morgan fingerprint density at radius 2 is 2.29 bits per heavy atom. The van der Waals surface area contributed by atoms with Gasteiger partial charge in [0.15, 0.2) is 17.2 Å². The number of nitrogens with one attached hydrogen (secondary N) is 2. The van der Waals surface area contributed by atoms with Crippen molar-refractivity contribution in [2.45, 2.75) is 6.92 Å². The van der Waals surface area contributed by atoms with Gasteiger partial charge in [-0.3, -0.25) is 9.89 Å². The van der Waals surface area contributed by atoms with E-state index in [2.05, 4.69) is 36.7 Å². The minimum Gasteiger partial charge on any atom is -0.503 e. The summed E-state index contributed by atoms with van der Waals surface area (Å²) in [4.78, 5) is 11.7. The number of halogens is 1. The molecule has 2 aromatic rings. The van der Waals surface area contributed by atoms with Crippen LogP contribution in [-0.4, -0.2) is 34.5 Å². The van der Waals surface area contributed by atoms with E-state index < -0.39 is 5.91 Å². The Balaban J connectivity index is 2.08. The monoisotopic (exact) mass is 352 g/mol. The van der Waals surface area contributed by atoms with E-state index in [0.717, 1.165) is 5.69 Å². The van der Waals surface area contributed by atoms with E-state index in [9.17, 15) is 9.90 Å². The Kier molecular flexibility index (Phi) is 4.59. The first-order valence-corrected chi connectivity index (χ1v) is 6.72. The van der Waals surface area contributed by atoms with Gasteiger partial charge in [-0.15, -0.1) is 0 Å². The molecule has 0 atom stereocenters. The molecule has 0 bridgehead atoms. The number of methoxy groups -OCH3 is 1. The number of aromatic amines is 1. The number of hydrogen-bond donors (Lipinski definition) is 3. The Labute approximate surface area is 129 Å². The van der Waals surface area contributed by atoms with Crippen LogP contribution in [0.5, 0.6) is 11.5 Å². The quantitative estimate of drug-likeness (QED) is 0.578. The highest BCUT2D eigenvalue weighted by Crippen LogP contribution is 2.34. The van der Waals surface area contributed by atoms with E-state index >= 15 is 0 Å². The zero-order chi connectivity index (χ0) is 15.4. The number of ether oxygens (including phenoxy) is 1. The van der Waals surface area contributed by atoms with Crippen LogP contribution in [0.2, 0.25) is 0 Å². The lowest BCUT2D eigenvalue weighted by Crippen LogP contribution is -2.18. The number of phenolic OH excluding ortho intramolecular Hbond substituents is 1. The third kappa shape index (κ3) is 3.60. The average molecular weight is 353 g/mol. The molecule has 0 spiro atoms. The second-order valence-corrected chi connectivity index (χ2v) is 5.04. The molecule has 110 valence electrons. The molecular weight excluding hydrogens is 340 g/mol. The summed E-state index contributed by atoms with van der Waals surface area (Å²) in [7, 11) is 1.45. The number of aromatic nitrogens is 2. The lowest BCUT2D eigenvalue weighted by Gasteiger charge is -2.06. The Morgan fingerprint density at radius 3 is 2.90 bits per heavy atom. The molecule has 0 aliphatic carbocycles. The summed E-state index contributed by atoms with van der Waals surface area (Å²) >= 11 is 3.20. The third-order valence-electron chi connectivity index (χ3n) is 2.59. The number of carbonyl (C=O) groups excluding carboxylic acids is 1. The van der Waals surface area contributed by atoms with E-state index in [0.29, 0.717) is 15.8 Å². The van der Waals surface area contributed by atoms with Crippen molar-refractivity contribution in [2.75, 3.05) is 7.11 Å². The van der Waals surface area contributed by atoms with Crippen molar-refractivity contribution < 1.29 is 14.6 Å². The standard InChI is InChI=1S/C13H13BrN4O3/c1-7-3-10(17-16-7)13(20)18-15-6-8-4-9(14)12(19)11(5-8)21-2/h3-6,19H,1-2H3,(H,16,17)(H,18,20)/b15-6-. The molecule has 0 saturated carbocycles. The number of amides is 1. The third-order valence-corrected chi connectivity index (χ3v) is 3.19. The van der Waals surface area contributed by atoms with Crippen molar-refractivity contribution in [3.05, 3.63) is 39.6 Å². The topological polar surface area (TPSA) is 99.6 Å². The highest BCUT2D eigenvalue weighted by molar-refractivity contribution is 9.10. The van der Waals surface area contributed by atoms with Gasteiger partial charge in [-0.25, -0.2) is 5.43 Å². The zero-order valence-corrected chi connectivity index (χ0v) is 12.9. The van der Waals surface area contributed by atoms with Gasteiger partial charge in [0.2, 0.25) is 0 Å². The molecule has 1 aromatic carbocycles. The van der Waals surface area contributed by atoms with Gasteiger partial charge in [-0.1, -0.05) is 0 Å². The van der Waals surface area contributed by atoms with Gasteiger partial charge in [0.25, 0.3) is 5.91 Å². The predicted molar refractivity (Wildman–Crippen MR) is 80.7 cm³/mol. The lowest BCUT2D eigenvalue weighted by atomic mass is 10.2. The first-order valence-electron chi connectivity index (χ1n) is 5.93. The summed E-state index contributed by atoms with van der Waals surface area (Å²) in [5.41, 5.74) is 4.06. The molecule has 2 rings (SSSR count). The van der Waals surface area contributed by atoms with Gasteiger partial charge in [-0.05, 0) is 46.6 Å². The van der Waals surface area contributed by atoms with Crippen LogP contribution in [0, 0.1) is 6.92 Å². The molecule has 0 radical (unpaired) electrons. The van der Waals surface area contributed by atoms with Crippen LogP contribution >= 0.6 is 15.9 Å². The van der Waals surface area contributed by atoms with Crippen LogP contribution in [0.15, 0.2) is 27.8 Å². The fourth-order valence-electron chi connectivity index (χ4n) is 1.58. The number of nitrogens with zero attached hydrogens (tertiary/aromatic N) is 2. The highest BCUT2D eigenvalue weighted by atomic mass is 79.9. The summed E-state index contributed by atoms with van der Waals surface area (Å²) < 4.78 is 5.49. The van der Waals surface area contributed by atoms with E-state index in [4.69, 9.17) is 4.74 Å². The van der Waals surface area contributed by atoms with Gasteiger partial charge in [0.05, 0.1) is 17.8 Å². The summed E-state index contributed by atoms with van der Waals surface area (Å²) in [6, 6.07) is 4.85. The fraction of sp³-hybridized carbons (Fsp3) is 0.154. The van der Waals surface area contributed by atoms with E-state index in [1.807, 2.05) is 0 Å². The molecule has 1 heterocycles. The molecule has 0 fully saturated rings. The number of H-pyrrole nitrogens is 1. The number of aromatic hydroxyl groups is 1. The maximum absolute atomic E-state index is 11.7. The lowest BCUT2D eigenvalue weighted by molar-refractivity contribution is 0.0950. The predicted octanol–water partition coefficient (Wildman–Crippen LogP) is 1.96. The maximum atomic E-state index is 11.7. The highest BCUT2D eigenvalue weighted by Gasteiger charge is 2.09. The van der Waals surface area contributed by atoms with Gasteiger partial charge in [0, 0.05) is 5.69 Å². The first-order chi connectivity index (χ1) is 10.0. The second kappa shape index (κ2) is 6.40. The Hall–Kier alpha value is -2.35. The number of benzene rings is 1. The van der Waals surface area contributed by atoms with E-state index in [1.54, 1.807) is 25.1 Å². The van der Waals surface area contributed by atoms with Crippen LogP contribution in [0.4, 0.5) is 0 Å². The minimum absolute atomic E-state index is 0.00526. The smallest absolute Gasteiger partial charge is 0.291 e. The van der Waals surface area contributed by atoms with Crippen LogP contribution < -0.4 is 10.2 Å². The zero-order valence-electron chi connectivity index (χ0n) is 11.3. The number of rotatable bonds is 4. The normalized spacial score (nSPS) is 10.8. The summed E-state index contributed by atoms with van der Waals surface area (Å²) in [6.45, 7) is 1.80. The van der Waals surface area contributed by atoms with Gasteiger partial charge < -0.3 is 9.84 Å². The molecular formula is C13H13BrN4O3. The summed E-state index contributed by atoms with van der Waals surface area (Å²) in [5, 5.41) is 20.0. The number of hydrogen-bond acceptors (Lipinski definition) is 5. The number of phenols is 1. The molecule has 0 aliphatic heterocycles. The molecule has 21 heavy (non-hydrogen) atoms. The Bertz CT molecular complexity index is 697. The molecule has 7 nitrogen and oxygen atoms in total. The van der Waals surface area contributed by atoms with E-state index in [1.165, 1.54) is 13.3 Å². The molecule has 1 aromatic heterocycles. The molecule has 3 N–H and O–H groups in total. The van der Waals surface area contributed by atoms with Crippen molar-refractivity contribution in [3.8, 4) is 11.5 Å².